The minimum atomic E-state index is -0.550. The van der Waals surface area contributed by atoms with E-state index in [9.17, 15) is 9.59 Å². The first kappa shape index (κ1) is 17.5. The van der Waals surface area contributed by atoms with E-state index in [0.717, 1.165) is 17.0 Å². The highest BCUT2D eigenvalue weighted by Gasteiger charge is 2.11. The summed E-state index contributed by atoms with van der Waals surface area (Å²) in [6.07, 6.45) is 1.62. The standard InChI is InChI=1S/C16H20N4O4/c1-10-14(11(2)24-20-10)5-7-18-15(21)12-4-6-17-13(8-12)9-19-16(22)23-3/h4,6,8H,5,7,9H2,1-3H3,(H,18,21)(H,19,22). The van der Waals surface area contributed by atoms with Crippen LogP contribution < -0.4 is 10.6 Å². The van der Waals surface area contributed by atoms with Crippen LogP contribution in [0.4, 0.5) is 4.79 Å². The summed E-state index contributed by atoms with van der Waals surface area (Å²) in [6, 6.07) is 3.24. The Morgan fingerprint density at radius 1 is 1.29 bits per heavy atom. The van der Waals surface area contributed by atoms with E-state index in [1.807, 2.05) is 13.8 Å². The Bertz CT molecular complexity index is 707. The third-order valence-corrected chi connectivity index (χ3v) is 3.52. The lowest BCUT2D eigenvalue weighted by Gasteiger charge is -2.07. The molecule has 0 atom stereocenters. The Labute approximate surface area is 139 Å². The van der Waals surface area contributed by atoms with Crippen LogP contribution in [0.1, 0.15) is 33.1 Å². The third kappa shape index (κ3) is 4.55. The van der Waals surface area contributed by atoms with Gasteiger partial charge in [-0.15, -0.1) is 0 Å². The molecule has 2 amide bonds. The van der Waals surface area contributed by atoms with Gasteiger partial charge < -0.3 is 19.9 Å². The first-order valence-electron chi connectivity index (χ1n) is 7.48. The van der Waals surface area contributed by atoms with E-state index in [2.05, 4.69) is 25.5 Å². The van der Waals surface area contributed by atoms with Crippen LogP contribution in [0.25, 0.3) is 0 Å². The zero-order valence-electron chi connectivity index (χ0n) is 13.9. The van der Waals surface area contributed by atoms with Gasteiger partial charge in [0.15, 0.2) is 0 Å². The molecule has 128 valence electrons. The van der Waals surface area contributed by atoms with Crippen LogP contribution in [0.3, 0.4) is 0 Å². The van der Waals surface area contributed by atoms with Crippen molar-refractivity contribution in [2.75, 3.05) is 13.7 Å². The van der Waals surface area contributed by atoms with Gasteiger partial charge in [0.05, 0.1) is 25.0 Å². The summed E-state index contributed by atoms with van der Waals surface area (Å²) in [5.41, 5.74) is 2.89. The molecule has 0 unspecified atom stereocenters. The lowest BCUT2D eigenvalue weighted by molar-refractivity contribution is 0.0954. The Kier molecular flexibility index (Phi) is 5.89. The van der Waals surface area contributed by atoms with E-state index in [1.54, 1.807) is 12.1 Å². The van der Waals surface area contributed by atoms with Gasteiger partial charge in [-0.1, -0.05) is 5.16 Å². The van der Waals surface area contributed by atoms with Crippen molar-refractivity contribution in [1.29, 1.82) is 0 Å². The molecule has 8 nitrogen and oxygen atoms in total. The van der Waals surface area contributed by atoms with E-state index >= 15 is 0 Å². The van der Waals surface area contributed by atoms with E-state index < -0.39 is 6.09 Å². The van der Waals surface area contributed by atoms with Crippen LogP contribution in [0.5, 0.6) is 0 Å². The fraction of sp³-hybridized carbons (Fsp3) is 0.375. The van der Waals surface area contributed by atoms with E-state index in [1.165, 1.54) is 13.3 Å². The first-order chi connectivity index (χ1) is 11.5. The molecule has 0 aliphatic carbocycles. The molecule has 8 heteroatoms. The smallest absolute Gasteiger partial charge is 0.407 e. The monoisotopic (exact) mass is 332 g/mol. The zero-order valence-corrected chi connectivity index (χ0v) is 13.9. The number of pyridine rings is 1. The van der Waals surface area contributed by atoms with Gasteiger partial charge in [0.2, 0.25) is 0 Å². The summed E-state index contributed by atoms with van der Waals surface area (Å²) in [6.45, 7) is 4.38. The molecular formula is C16H20N4O4. The highest BCUT2D eigenvalue weighted by atomic mass is 16.5. The molecule has 0 fully saturated rings. The molecule has 2 N–H and O–H groups in total. The highest BCUT2D eigenvalue weighted by molar-refractivity contribution is 5.94. The number of carbonyl (C=O) groups is 2. The number of hydrogen-bond acceptors (Lipinski definition) is 6. The molecule has 24 heavy (non-hydrogen) atoms. The Morgan fingerprint density at radius 3 is 2.75 bits per heavy atom. The van der Waals surface area contributed by atoms with Gasteiger partial charge in [0, 0.05) is 23.9 Å². The van der Waals surface area contributed by atoms with Crippen molar-refractivity contribution < 1.29 is 18.8 Å². The van der Waals surface area contributed by atoms with E-state index in [-0.39, 0.29) is 12.5 Å². The Hall–Kier alpha value is -2.90. The Morgan fingerprint density at radius 2 is 2.08 bits per heavy atom. The normalized spacial score (nSPS) is 10.3. The molecule has 2 aromatic heterocycles. The van der Waals surface area contributed by atoms with Crippen molar-refractivity contribution in [2.24, 2.45) is 0 Å². The molecular weight excluding hydrogens is 312 g/mol. The van der Waals surface area contributed by atoms with Gasteiger partial charge in [-0.2, -0.15) is 0 Å². The lowest BCUT2D eigenvalue weighted by Crippen LogP contribution is -2.27. The third-order valence-electron chi connectivity index (χ3n) is 3.52. The number of hydrogen-bond donors (Lipinski definition) is 2. The van der Waals surface area contributed by atoms with Gasteiger partial charge in [-0.3, -0.25) is 9.78 Å². The number of methoxy groups -OCH3 is 1. The van der Waals surface area contributed by atoms with Crippen LogP contribution in [-0.2, 0) is 17.7 Å². The second kappa shape index (κ2) is 8.09. The molecule has 0 bridgehead atoms. The second-order valence-corrected chi connectivity index (χ2v) is 5.19. The van der Waals surface area contributed by atoms with Crippen molar-refractivity contribution in [3.63, 3.8) is 0 Å². The van der Waals surface area contributed by atoms with Gasteiger partial charge in [-0.05, 0) is 32.4 Å². The van der Waals surface area contributed by atoms with Crippen molar-refractivity contribution >= 4 is 12.0 Å². The fourth-order valence-corrected chi connectivity index (χ4v) is 2.21. The number of nitrogens with one attached hydrogen (secondary N) is 2. The molecule has 0 saturated carbocycles. The van der Waals surface area contributed by atoms with Crippen LogP contribution in [-0.4, -0.2) is 35.8 Å². The maximum absolute atomic E-state index is 12.2. The minimum Gasteiger partial charge on any atom is -0.453 e. The average molecular weight is 332 g/mol. The molecule has 0 spiro atoms. The number of nitrogens with zero attached hydrogens (tertiary/aromatic N) is 2. The molecule has 0 aliphatic heterocycles. The lowest BCUT2D eigenvalue weighted by atomic mass is 10.1. The quantitative estimate of drug-likeness (QED) is 0.830. The summed E-state index contributed by atoms with van der Waals surface area (Å²) >= 11 is 0. The Balaban J connectivity index is 1.89. The van der Waals surface area contributed by atoms with Crippen LogP contribution in [0.2, 0.25) is 0 Å². The van der Waals surface area contributed by atoms with Crippen molar-refractivity contribution in [3.05, 3.63) is 46.6 Å². The number of ether oxygens (including phenoxy) is 1. The first-order valence-corrected chi connectivity index (χ1v) is 7.48. The second-order valence-electron chi connectivity index (χ2n) is 5.19. The van der Waals surface area contributed by atoms with Crippen LogP contribution in [0.15, 0.2) is 22.9 Å². The van der Waals surface area contributed by atoms with Gasteiger partial charge in [0.25, 0.3) is 5.91 Å². The molecule has 2 aromatic rings. The summed E-state index contributed by atoms with van der Waals surface area (Å²) in [5, 5.41) is 9.25. The van der Waals surface area contributed by atoms with Crippen molar-refractivity contribution in [3.8, 4) is 0 Å². The SMILES string of the molecule is COC(=O)NCc1cc(C(=O)NCCc2c(C)noc2C)ccn1. The molecule has 0 aromatic carbocycles. The summed E-state index contributed by atoms with van der Waals surface area (Å²) < 4.78 is 9.58. The molecule has 0 saturated heterocycles. The fourth-order valence-electron chi connectivity index (χ4n) is 2.21. The van der Waals surface area contributed by atoms with Gasteiger partial charge in [0.1, 0.15) is 5.76 Å². The maximum atomic E-state index is 12.2. The number of carbonyl (C=O) groups excluding carboxylic acids is 2. The largest absolute Gasteiger partial charge is 0.453 e. The van der Waals surface area contributed by atoms with E-state index in [4.69, 9.17) is 4.52 Å². The number of aryl methyl sites for hydroxylation is 2. The number of rotatable bonds is 6. The predicted octanol–water partition coefficient (Wildman–Crippen LogP) is 1.51. The van der Waals surface area contributed by atoms with Crippen molar-refractivity contribution in [2.45, 2.75) is 26.8 Å². The highest BCUT2D eigenvalue weighted by Crippen LogP contribution is 2.12. The molecule has 2 rings (SSSR count). The number of amides is 2. The topological polar surface area (TPSA) is 106 Å². The predicted molar refractivity (Wildman–Crippen MR) is 85.5 cm³/mol. The maximum Gasteiger partial charge on any atom is 0.407 e. The van der Waals surface area contributed by atoms with Gasteiger partial charge in [-0.25, -0.2) is 4.79 Å². The average Bonchev–Trinajstić information content (AvgIpc) is 2.91. The van der Waals surface area contributed by atoms with Crippen LogP contribution >= 0.6 is 0 Å². The number of alkyl carbamates (subject to hydrolysis) is 1. The zero-order chi connectivity index (χ0) is 17.5. The van der Waals surface area contributed by atoms with Crippen LogP contribution in [0, 0.1) is 13.8 Å². The summed E-state index contributed by atoms with van der Waals surface area (Å²) in [7, 11) is 1.28. The molecule has 0 radical (unpaired) electrons. The minimum absolute atomic E-state index is 0.187. The molecule has 2 heterocycles. The van der Waals surface area contributed by atoms with Crippen molar-refractivity contribution in [1.82, 2.24) is 20.8 Å². The number of aromatic nitrogens is 2. The molecule has 0 aliphatic rings. The van der Waals surface area contributed by atoms with Gasteiger partial charge >= 0.3 is 6.09 Å². The summed E-state index contributed by atoms with van der Waals surface area (Å²) in [4.78, 5) is 27.4. The summed E-state index contributed by atoms with van der Waals surface area (Å²) in [5.74, 6) is 0.560. The van der Waals surface area contributed by atoms with E-state index in [0.29, 0.717) is 24.2 Å².